The van der Waals surface area contributed by atoms with Crippen LogP contribution >= 0.6 is 15.9 Å². The standard InChI is InChI=1S/C15H10BrF5N4O2S/c1-2-28(26,27)12-4-9(16)6-23-13(12)25-11-3-8(5-22-10(11)7-24-25)14(17,18)15(19,20)21/h3-7H,2H2,1H3. The predicted molar refractivity (Wildman–Crippen MR) is 92.0 cm³/mol. The first-order valence-corrected chi connectivity index (χ1v) is 10.0. The fourth-order valence-electron chi connectivity index (χ4n) is 2.37. The molecule has 3 rings (SSSR count). The van der Waals surface area contributed by atoms with E-state index in [4.69, 9.17) is 0 Å². The molecule has 0 aromatic carbocycles. The van der Waals surface area contributed by atoms with E-state index in [0.717, 1.165) is 10.9 Å². The SMILES string of the molecule is CCS(=O)(=O)c1cc(Br)cnc1-n1ncc2ncc(C(F)(F)C(F)(F)F)cc21. The van der Waals surface area contributed by atoms with Crippen LogP contribution in [0.25, 0.3) is 16.9 Å². The molecule has 0 unspecified atom stereocenters. The molecule has 0 aliphatic heterocycles. The minimum atomic E-state index is -5.82. The van der Waals surface area contributed by atoms with E-state index >= 15 is 0 Å². The number of aromatic nitrogens is 4. The monoisotopic (exact) mass is 484 g/mol. The molecule has 6 nitrogen and oxygen atoms in total. The number of nitrogens with zero attached hydrogens (tertiary/aromatic N) is 4. The molecule has 0 aliphatic carbocycles. The van der Waals surface area contributed by atoms with E-state index in [1.165, 1.54) is 19.2 Å². The van der Waals surface area contributed by atoms with Crippen LogP contribution in [-0.2, 0) is 15.8 Å². The zero-order chi connectivity index (χ0) is 20.9. The van der Waals surface area contributed by atoms with Crippen LogP contribution in [0.1, 0.15) is 12.5 Å². The molecule has 0 N–H and O–H groups in total. The number of rotatable bonds is 4. The van der Waals surface area contributed by atoms with Gasteiger partial charge in [-0.15, -0.1) is 0 Å². The lowest BCUT2D eigenvalue weighted by Crippen LogP contribution is -2.33. The van der Waals surface area contributed by atoms with Gasteiger partial charge in [-0.3, -0.25) is 4.98 Å². The second kappa shape index (κ2) is 6.72. The molecule has 0 radical (unpaired) electrons. The molecule has 0 amide bonds. The summed E-state index contributed by atoms with van der Waals surface area (Å²) in [5.74, 6) is -5.67. The Labute approximate surface area is 163 Å². The van der Waals surface area contributed by atoms with Gasteiger partial charge in [-0.2, -0.15) is 27.1 Å². The predicted octanol–water partition coefficient (Wildman–Crippen LogP) is 4.03. The Bertz CT molecular complexity index is 1160. The number of alkyl halides is 5. The van der Waals surface area contributed by atoms with E-state index < -0.39 is 27.5 Å². The van der Waals surface area contributed by atoms with E-state index in [-0.39, 0.29) is 27.5 Å². The average Bonchev–Trinajstić information content (AvgIpc) is 3.03. The van der Waals surface area contributed by atoms with Gasteiger partial charge in [0.05, 0.1) is 23.0 Å². The van der Waals surface area contributed by atoms with Crippen molar-refractivity contribution in [2.75, 3.05) is 5.75 Å². The lowest BCUT2D eigenvalue weighted by atomic mass is 10.1. The van der Waals surface area contributed by atoms with Crippen molar-refractivity contribution in [2.24, 2.45) is 0 Å². The van der Waals surface area contributed by atoms with Crippen LogP contribution in [0.3, 0.4) is 0 Å². The molecule has 28 heavy (non-hydrogen) atoms. The van der Waals surface area contributed by atoms with Crippen molar-refractivity contribution in [3.05, 3.63) is 40.8 Å². The van der Waals surface area contributed by atoms with Crippen molar-refractivity contribution in [1.29, 1.82) is 0 Å². The third kappa shape index (κ3) is 3.36. The van der Waals surface area contributed by atoms with Gasteiger partial charge >= 0.3 is 12.1 Å². The first kappa shape index (κ1) is 20.6. The van der Waals surface area contributed by atoms with Crippen LogP contribution < -0.4 is 0 Å². The molecule has 150 valence electrons. The lowest BCUT2D eigenvalue weighted by molar-refractivity contribution is -0.289. The fourth-order valence-corrected chi connectivity index (χ4v) is 3.89. The summed E-state index contributed by atoms with van der Waals surface area (Å²) < 4.78 is 91.4. The number of sulfone groups is 1. The van der Waals surface area contributed by atoms with Gasteiger partial charge in [0.25, 0.3) is 0 Å². The summed E-state index contributed by atoms with van der Waals surface area (Å²) in [7, 11) is -3.81. The highest BCUT2D eigenvalue weighted by molar-refractivity contribution is 9.10. The summed E-state index contributed by atoms with van der Waals surface area (Å²) in [6.45, 7) is 1.39. The summed E-state index contributed by atoms with van der Waals surface area (Å²) >= 11 is 3.10. The maximum absolute atomic E-state index is 13.7. The Morgan fingerprint density at radius 2 is 1.75 bits per heavy atom. The van der Waals surface area contributed by atoms with Gasteiger partial charge in [-0.1, -0.05) is 6.92 Å². The van der Waals surface area contributed by atoms with Crippen LogP contribution in [-0.4, -0.2) is 40.1 Å². The van der Waals surface area contributed by atoms with Crippen LogP contribution in [0.5, 0.6) is 0 Å². The molecule has 0 aliphatic rings. The Kier molecular flexibility index (Phi) is 4.94. The van der Waals surface area contributed by atoms with E-state index in [1.54, 1.807) is 0 Å². The van der Waals surface area contributed by atoms with E-state index in [1.807, 2.05) is 0 Å². The fraction of sp³-hybridized carbons (Fsp3) is 0.267. The van der Waals surface area contributed by atoms with E-state index in [2.05, 4.69) is 31.0 Å². The summed E-state index contributed by atoms with van der Waals surface area (Å²) in [5, 5.41) is 3.87. The van der Waals surface area contributed by atoms with Gasteiger partial charge in [-0.25, -0.2) is 18.1 Å². The van der Waals surface area contributed by atoms with Gasteiger partial charge < -0.3 is 0 Å². The second-order valence-electron chi connectivity index (χ2n) is 5.64. The van der Waals surface area contributed by atoms with Gasteiger partial charge in [0.2, 0.25) is 0 Å². The van der Waals surface area contributed by atoms with Crippen LogP contribution in [0.2, 0.25) is 0 Å². The molecule has 3 heterocycles. The van der Waals surface area contributed by atoms with Crippen molar-refractivity contribution in [3.63, 3.8) is 0 Å². The van der Waals surface area contributed by atoms with Crippen molar-refractivity contribution in [1.82, 2.24) is 19.7 Å². The highest BCUT2D eigenvalue weighted by atomic mass is 79.9. The molecular formula is C15H10BrF5N4O2S. The Morgan fingerprint density at radius 3 is 2.36 bits per heavy atom. The normalized spacial score (nSPS) is 13.2. The zero-order valence-electron chi connectivity index (χ0n) is 13.9. The van der Waals surface area contributed by atoms with Gasteiger partial charge in [0.15, 0.2) is 15.7 Å². The molecule has 0 fully saturated rings. The number of pyridine rings is 2. The summed E-state index contributed by atoms with van der Waals surface area (Å²) in [6, 6.07) is 1.81. The van der Waals surface area contributed by atoms with E-state index in [9.17, 15) is 30.4 Å². The van der Waals surface area contributed by atoms with Gasteiger partial charge in [-0.05, 0) is 28.1 Å². The topological polar surface area (TPSA) is 77.7 Å². The van der Waals surface area contributed by atoms with Crippen molar-refractivity contribution < 1.29 is 30.4 Å². The molecule has 3 aromatic heterocycles. The first-order chi connectivity index (χ1) is 12.9. The quantitative estimate of drug-likeness (QED) is 0.522. The maximum Gasteiger partial charge on any atom is 0.458 e. The average molecular weight is 485 g/mol. The zero-order valence-corrected chi connectivity index (χ0v) is 16.3. The molecule has 0 spiro atoms. The maximum atomic E-state index is 13.7. The Balaban J connectivity index is 2.29. The van der Waals surface area contributed by atoms with Gasteiger partial charge in [0.1, 0.15) is 10.4 Å². The van der Waals surface area contributed by atoms with Crippen molar-refractivity contribution in [2.45, 2.75) is 23.9 Å². The minimum Gasteiger partial charge on any atom is -0.252 e. The van der Waals surface area contributed by atoms with Crippen LogP contribution in [0.15, 0.2) is 40.1 Å². The van der Waals surface area contributed by atoms with Crippen LogP contribution in [0, 0.1) is 0 Å². The summed E-state index contributed by atoms with van der Waals surface area (Å²) in [4.78, 5) is 7.29. The summed E-state index contributed by atoms with van der Waals surface area (Å²) in [6.07, 6.45) is -3.06. The number of hydrogen-bond acceptors (Lipinski definition) is 5. The molecular weight excluding hydrogens is 475 g/mol. The lowest BCUT2D eigenvalue weighted by Gasteiger charge is -2.19. The Morgan fingerprint density at radius 1 is 1.07 bits per heavy atom. The molecule has 0 atom stereocenters. The summed E-state index contributed by atoms with van der Waals surface area (Å²) in [5.41, 5.74) is -1.65. The molecule has 0 saturated heterocycles. The van der Waals surface area contributed by atoms with Gasteiger partial charge in [0, 0.05) is 16.9 Å². The molecule has 3 aromatic rings. The third-order valence-corrected chi connectivity index (χ3v) is 6.02. The second-order valence-corrected chi connectivity index (χ2v) is 8.80. The first-order valence-electron chi connectivity index (χ1n) is 7.56. The van der Waals surface area contributed by atoms with Crippen molar-refractivity contribution >= 4 is 36.8 Å². The smallest absolute Gasteiger partial charge is 0.252 e. The number of halogens is 6. The van der Waals surface area contributed by atoms with E-state index in [0.29, 0.717) is 16.7 Å². The highest BCUT2D eigenvalue weighted by Crippen LogP contribution is 2.44. The molecule has 0 bridgehead atoms. The number of fused-ring (bicyclic) bond motifs is 1. The third-order valence-electron chi connectivity index (χ3n) is 3.85. The van der Waals surface area contributed by atoms with Crippen molar-refractivity contribution in [3.8, 4) is 5.82 Å². The molecule has 13 heteroatoms. The number of hydrogen-bond donors (Lipinski definition) is 0. The van der Waals surface area contributed by atoms with Crippen LogP contribution in [0.4, 0.5) is 22.0 Å². The highest BCUT2D eigenvalue weighted by Gasteiger charge is 2.59. The molecule has 0 saturated carbocycles. The Hall–Kier alpha value is -2.15. The largest absolute Gasteiger partial charge is 0.458 e. The minimum absolute atomic E-state index is 0.00807.